The monoisotopic (exact) mass is 324 g/mol. The summed E-state index contributed by atoms with van der Waals surface area (Å²) in [6, 6.07) is 15.6. The maximum atomic E-state index is 12.3. The molecule has 2 aliphatic heterocycles. The van der Waals surface area contributed by atoms with Crippen LogP contribution in [0.1, 0.15) is 11.1 Å². The lowest BCUT2D eigenvalue weighted by Gasteiger charge is -2.21. The van der Waals surface area contributed by atoms with E-state index in [-0.39, 0.29) is 18.1 Å². The predicted molar refractivity (Wildman–Crippen MR) is 90.0 cm³/mol. The van der Waals surface area contributed by atoms with E-state index in [4.69, 9.17) is 9.47 Å². The lowest BCUT2D eigenvalue weighted by molar-refractivity contribution is -0.122. The number of rotatable bonds is 0. The van der Waals surface area contributed by atoms with Crippen LogP contribution in [0.3, 0.4) is 0 Å². The zero-order valence-electron chi connectivity index (χ0n) is 13.3. The highest BCUT2D eigenvalue weighted by Crippen LogP contribution is 2.24. The Morgan fingerprint density at radius 1 is 0.958 bits per heavy atom. The molecule has 2 N–H and O–H groups in total. The standard InChI is InChI=1S/C19H20N2O3/c22-19-9-13-3-1-5-15(7-13)24-16-6-2-4-14(8-16)12-23-18-11-20-10-17(18)21-19/h1-8,17-18,20H,9-12H2,(H,21,22)/t17-,18-/m0/s1. The van der Waals surface area contributed by atoms with E-state index in [1.165, 1.54) is 0 Å². The summed E-state index contributed by atoms with van der Waals surface area (Å²) in [6.45, 7) is 1.98. The van der Waals surface area contributed by atoms with E-state index in [2.05, 4.69) is 10.6 Å². The van der Waals surface area contributed by atoms with Crippen LogP contribution >= 0.6 is 0 Å². The van der Waals surface area contributed by atoms with Gasteiger partial charge >= 0.3 is 0 Å². The van der Waals surface area contributed by atoms with Crippen LogP contribution in [-0.4, -0.2) is 31.1 Å². The molecule has 0 aliphatic carbocycles. The molecule has 4 rings (SSSR count). The maximum absolute atomic E-state index is 12.3. The molecule has 4 bridgehead atoms. The normalized spacial score (nSPS) is 23.6. The number of hydrogen-bond donors (Lipinski definition) is 2. The third-order valence-corrected chi connectivity index (χ3v) is 4.37. The molecule has 0 radical (unpaired) electrons. The second-order valence-corrected chi connectivity index (χ2v) is 6.26. The van der Waals surface area contributed by atoms with Gasteiger partial charge in [-0.15, -0.1) is 0 Å². The Bertz CT molecular complexity index is 747. The fourth-order valence-corrected chi connectivity index (χ4v) is 3.17. The first-order valence-corrected chi connectivity index (χ1v) is 8.24. The van der Waals surface area contributed by atoms with E-state index < -0.39 is 0 Å². The van der Waals surface area contributed by atoms with Crippen LogP contribution in [0.4, 0.5) is 0 Å². The zero-order chi connectivity index (χ0) is 16.4. The van der Waals surface area contributed by atoms with Gasteiger partial charge in [0, 0.05) is 13.1 Å². The smallest absolute Gasteiger partial charge is 0.224 e. The number of carbonyl (C=O) groups is 1. The number of nitrogens with one attached hydrogen (secondary N) is 2. The summed E-state index contributed by atoms with van der Waals surface area (Å²) in [7, 11) is 0. The van der Waals surface area contributed by atoms with Gasteiger partial charge in [-0.1, -0.05) is 24.3 Å². The Balaban J connectivity index is 1.66. The lowest BCUT2D eigenvalue weighted by Crippen LogP contribution is -2.44. The average Bonchev–Trinajstić information content (AvgIpc) is 3.00. The molecule has 1 saturated heterocycles. The highest BCUT2D eigenvalue weighted by molar-refractivity contribution is 5.79. The summed E-state index contributed by atoms with van der Waals surface area (Å²) in [6.07, 6.45) is 0.313. The van der Waals surface area contributed by atoms with E-state index in [0.717, 1.165) is 35.7 Å². The van der Waals surface area contributed by atoms with Gasteiger partial charge in [0.1, 0.15) is 11.5 Å². The molecule has 24 heavy (non-hydrogen) atoms. The van der Waals surface area contributed by atoms with Crippen molar-refractivity contribution >= 4 is 5.91 Å². The highest BCUT2D eigenvalue weighted by atomic mass is 16.5. The SMILES string of the molecule is O=C1Cc2cccc(c2)Oc2cccc(c2)CO[C@H]2CNC[C@@H]2N1. The number of fused-ring (bicyclic) bond motifs is 5. The minimum absolute atomic E-state index is 0.00283. The molecule has 1 amide bonds. The van der Waals surface area contributed by atoms with Gasteiger partial charge in [-0.2, -0.15) is 0 Å². The molecular formula is C19H20N2O3. The summed E-state index contributed by atoms with van der Waals surface area (Å²) in [5.74, 6) is 1.51. The summed E-state index contributed by atoms with van der Waals surface area (Å²) >= 11 is 0. The van der Waals surface area contributed by atoms with Gasteiger partial charge in [0.15, 0.2) is 0 Å². The number of hydrogen-bond acceptors (Lipinski definition) is 4. The topological polar surface area (TPSA) is 59.6 Å². The largest absolute Gasteiger partial charge is 0.457 e. The van der Waals surface area contributed by atoms with E-state index in [1.807, 2.05) is 48.5 Å². The lowest BCUT2D eigenvalue weighted by atomic mass is 10.1. The third kappa shape index (κ3) is 3.42. The van der Waals surface area contributed by atoms with Crippen molar-refractivity contribution in [2.45, 2.75) is 25.2 Å². The van der Waals surface area contributed by atoms with Crippen LogP contribution in [-0.2, 0) is 22.6 Å². The second-order valence-electron chi connectivity index (χ2n) is 6.26. The van der Waals surface area contributed by atoms with Crippen molar-refractivity contribution in [3.05, 3.63) is 59.7 Å². The molecule has 2 heterocycles. The van der Waals surface area contributed by atoms with Gasteiger partial charge in [-0.25, -0.2) is 0 Å². The molecule has 0 unspecified atom stereocenters. The Morgan fingerprint density at radius 2 is 1.71 bits per heavy atom. The van der Waals surface area contributed by atoms with Crippen molar-refractivity contribution in [2.75, 3.05) is 13.1 Å². The summed E-state index contributed by atoms with van der Waals surface area (Å²) in [5, 5.41) is 6.37. The molecule has 1 fully saturated rings. The van der Waals surface area contributed by atoms with Gasteiger partial charge in [0.25, 0.3) is 0 Å². The van der Waals surface area contributed by atoms with Crippen LogP contribution in [0, 0.1) is 0 Å². The first kappa shape index (κ1) is 15.2. The van der Waals surface area contributed by atoms with Gasteiger partial charge in [-0.05, 0) is 35.4 Å². The van der Waals surface area contributed by atoms with Crippen molar-refractivity contribution in [2.24, 2.45) is 0 Å². The summed E-state index contributed by atoms with van der Waals surface area (Å²) < 4.78 is 11.9. The van der Waals surface area contributed by atoms with Gasteiger partial charge in [0.05, 0.1) is 25.2 Å². The maximum Gasteiger partial charge on any atom is 0.224 e. The van der Waals surface area contributed by atoms with Crippen LogP contribution in [0.15, 0.2) is 48.5 Å². The quantitative estimate of drug-likeness (QED) is 0.778. The van der Waals surface area contributed by atoms with E-state index in [9.17, 15) is 4.79 Å². The molecular weight excluding hydrogens is 304 g/mol. The first-order chi connectivity index (χ1) is 11.8. The highest BCUT2D eigenvalue weighted by Gasteiger charge is 2.29. The molecule has 2 aromatic carbocycles. The van der Waals surface area contributed by atoms with Crippen LogP contribution in [0.2, 0.25) is 0 Å². The van der Waals surface area contributed by atoms with Crippen molar-refractivity contribution < 1.29 is 14.3 Å². The Morgan fingerprint density at radius 3 is 2.54 bits per heavy atom. The number of ether oxygens (including phenoxy) is 2. The van der Waals surface area contributed by atoms with E-state index >= 15 is 0 Å². The average molecular weight is 324 g/mol. The molecule has 0 saturated carbocycles. The first-order valence-electron chi connectivity index (χ1n) is 8.24. The fourth-order valence-electron chi connectivity index (χ4n) is 3.17. The van der Waals surface area contributed by atoms with Gasteiger partial charge < -0.3 is 20.1 Å². The summed E-state index contributed by atoms with van der Waals surface area (Å²) in [5.41, 5.74) is 1.99. The Hall–Kier alpha value is -2.37. The van der Waals surface area contributed by atoms with Crippen LogP contribution in [0.25, 0.3) is 0 Å². The Labute approximate surface area is 141 Å². The van der Waals surface area contributed by atoms with Gasteiger partial charge in [0.2, 0.25) is 5.91 Å². The van der Waals surface area contributed by atoms with Gasteiger partial charge in [-0.3, -0.25) is 4.79 Å². The molecule has 5 nitrogen and oxygen atoms in total. The molecule has 0 aromatic heterocycles. The van der Waals surface area contributed by atoms with E-state index in [0.29, 0.717) is 13.0 Å². The molecule has 124 valence electrons. The predicted octanol–water partition coefficient (Wildman–Crippen LogP) is 2.01. The molecule has 2 aromatic rings. The number of amides is 1. The fraction of sp³-hybridized carbons (Fsp3) is 0.316. The minimum Gasteiger partial charge on any atom is -0.457 e. The van der Waals surface area contributed by atoms with Crippen molar-refractivity contribution in [3.63, 3.8) is 0 Å². The van der Waals surface area contributed by atoms with Crippen LogP contribution in [0.5, 0.6) is 11.5 Å². The molecule has 2 atom stereocenters. The zero-order valence-corrected chi connectivity index (χ0v) is 13.3. The van der Waals surface area contributed by atoms with Crippen molar-refractivity contribution in [3.8, 4) is 11.5 Å². The van der Waals surface area contributed by atoms with Crippen LogP contribution < -0.4 is 15.4 Å². The third-order valence-electron chi connectivity index (χ3n) is 4.37. The number of benzene rings is 2. The summed E-state index contributed by atoms with van der Waals surface area (Å²) in [4.78, 5) is 12.3. The molecule has 2 aliphatic rings. The van der Waals surface area contributed by atoms with E-state index in [1.54, 1.807) is 0 Å². The van der Waals surface area contributed by atoms with Crippen molar-refractivity contribution in [1.29, 1.82) is 0 Å². The second kappa shape index (κ2) is 6.63. The Kier molecular flexibility index (Phi) is 4.19. The minimum atomic E-state index is -0.0206. The molecule has 5 heteroatoms. The van der Waals surface area contributed by atoms with Crippen molar-refractivity contribution in [1.82, 2.24) is 10.6 Å². The number of carbonyl (C=O) groups excluding carboxylic acids is 1. The molecule has 0 spiro atoms.